The zero-order valence-corrected chi connectivity index (χ0v) is 12.2. The summed E-state index contributed by atoms with van der Waals surface area (Å²) >= 11 is 1.74. The zero-order chi connectivity index (χ0) is 13.0. The van der Waals surface area contributed by atoms with Crippen LogP contribution in [0.5, 0.6) is 0 Å². The molecule has 0 saturated heterocycles. The number of aromatic nitrogens is 1. The molecule has 3 nitrogen and oxygen atoms in total. The first-order valence-electron chi connectivity index (χ1n) is 6.41. The van der Waals surface area contributed by atoms with Crippen LogP contribution in [0, 0.1) is 6.92 Å². The van der Waals surface area contributed by atoms with Crippen molar-refractivity contribution in [2.45, 2.75) is 19.8 Å². The van der Waals surface area contributed by atoms with E-state index in [-0.39, 0.29) is 0 Å². The van der Waals surface area contributed by atoms with Crippen molar-refractivity contribution in [1.82, 2.24) is 9.88 Å². The molecule has 0 bridgehead atoms. The maximum Gasteiger partial charge on any atom is 0.183 e. The Morgan fingerprint density at radius 2 is 2.11 bits per heavy atom. The predicted molar refractivity (Wildman–Crippen MR) is 80.6 cm³/mol. The van der Waals surface area contributed by atoms with Crippen LogP contribution < -0.4 is 5.32 Å². The predicted octanol–water partition coefficient (Wildman–Crippen LogP) is 3.36. The van der Waals surface area contributed by atoms with Crippen LogP contribution in [0.4, 0.5) is 5.13 Å². The number of unbranched alkanes of at least 4 members (excludes halogenated alkanes) is 1. The van der Waals surface area contributed by atoms with E-state index in [1.807, 2.05) is 0 Å². The van der Waals surface area contributed by atoms with E-state index in [4.69, 9.17) is 0 Å². The average molecular weight is 263 g/mol. The Labute approximate surface area is 113 Å². The number of nitrogens with one attached hydrogen (secondary N) is 1. The van der Waals surface area contributed by atoms with Crippen molar-refractivity contribution in [3.8, 4) is 0 Å². The lowest BCUT2D eigenvalue weighted by Gasteiger charge is -2.08. The number of hydrogen-bond donors (Lipinski definition) is 1. The van der Waals surface area contributed by atoms with Crippen LogP contribution in [-0.4, -0.2) is 37.1 Å². The molecule has 0 aliphatic heterocycles. The second-order valence-electron chi connectivity index (χ2n) is 4.93. The van der Waals surface area contributed by atoms with Crippen molar-refractivity contribution in [3.63, 3.8) is 0 Å². The van der Waals surface area contributed by atoms with Crippen LogP contribution in [0.1, 0.15) is 18.4 Å². The summed E-state index contributed by atoms with van der Waals surface area (Å²) in [6.45, 7) is 4.26. The standard InChI is InChI=1S/C14H21N3S/c1-11-6-7-13-12(10-11)16-14(18-13)15-8-4-5-9-17(2)3/h6-7,10H,4-5,8-9H2,1-3H3,(H,15,16). The van der Waals surface area contributed by atoms with Crippen LogP contribution in [0.15, 0.2) is 18.2 Å². The Kier molecular flexibility index (Phi) is 4.55. The minimum absolute atomic E-state index is 1.01. The molecule has 0 fully saturated rings. The van der Waals surface area contributed by atoms with Gasteiger partial charge in [-0.1, -0.05) is 17.4 Å². The first-order chi connectivity index (χ1) is 8.65. The van der Waals surface area contributed by atoms with Crippen molar-refractivity contribution in [2.75, 3.05) is 32.5 Å². The Balaban J connectivity index is 1.84. The Bertz CT molecular complexity index is 505. The van der Waals surface area contributed by atoms with Crippen molar-refractivity contribution >= 4 is 26.7 Å². The lowest BCUT2D eigenvalue weighted by molar-refractivity contribution is 0.396. The summed E-state index contributed by atoms with van der Waals surface area (Å²) in [7, 11) is 4.23. The van der Waals surface area contributed by atoms with Gasteiger partial charge in [-0.15, -0.1) is 0 Å². The topological polar surface area (TPSA) is 28.2 Å². The van der Waals surface area contributed by atoms with Crippen molar-refractivity contribution in [3.05, 3.63) is 23.8 Å². The monoisotopic (exact) mass is 263 g/mol. The maximum absolute atomic E-state index is 4.60. The van der Waals surface area contributed by atoms with Crippen molar-refractivity contribution < 1.29 is 0 Å². The van der Waals surface area contributed by atoms with Crippen molar-refractivity contribution in [1.29, 1.82) is 0 Å². The van der Waals surface area contributed by atoms with Gasteiger partial charge >= 0.3 is 0 Å². The largest absolute Gasteiger partial charge is 0.361 e. The molecular weight excluding hydrogens is 242 g/mol. The van der Waals surface area contributed by atoms with Crippen molar-refractivity contribution in [2.24, 2.45) is 0 Å². The SMILES string of the molecule is Cc1ccc2sc(NCCCCN(C)C)nc2c1. The second-order valence-corrected chi connectivity index (χ2v) is 5.96. The number of thiazole rings is 1. The van der Waals surface area contributed by atoms with E-state index in [1.165, 1.54) is 23.1 Å². The normalized spacial score (nSPS) is 11.3. The van der Waals surface area contributed by atoms with Crippen LogP contribution >= 0.6 is 11.3 Å². The van der Waals surface area contributed by atoms with Gasteiger partial charge in [-0.05, 0) is 58.1 Å². The second kappa shape index (κ2) is 6.16. The van der Waals surface area contributed by atoms with E-state index in [2.05, 4.69) is 54.4 Å². The van der Waals surface area contributed by atoms with Crippen LogP contribution in [0.2, 0.25) is 0 Å². The summed E-state index contributed by atoms with van der Waals surface area (Å²) in [5, 5.41) is 4.46. The molecule has 2 rings (SSSR count). The Hall–Kier alpha value is -1.13. The number of aryl methyl sites for hydroxylation is 1. The summed E-state index contributed by atoms with van der Waals surface area (Å²) in [4.78, 5) is 6.83. The minimum atomic E-state index is 1.01. The Morgan fingerprint density at radius 3 is 2.89 bits per heavy atom. The minimum Gasteiger partial charge on any atom is -0.361 e. The molecular formula is C14H21N3S. The highest BCUT2D eigenvalue weighted by atomic mass is 32.1. The van der Waals surface area contributed by atoms with E-state index in [0.29, 0.717) is 0 Å². The van der Waals surface area contributed by atoms with Gasteiger partial charge in [-0.25, -0.2) is 4.98 Å². The molecule has 0 atom stereocenters. The molecule has 0 aliphatic carbocycles. The molecule has 1 aromatic carbocycles. The number of rotatable bonds is 6. The number of nitrogens with zero attached hydrogens (tertiary/aromatic N) is 2. The van der Waals surface area contributed by atoms with Gasteiger partial charge in [0.15, 0.2) is 5.13 Å². The molecule has 98 valence electrons. The molecule has 1 aromatic heterocycles. The van der Waals surface area contributed by atoms with Gasteiger partial charge in [0.2, 0.25) is 0 Å². The van der Waals surface area contributed by atoms with Crippen LogP contribution in [-0.2, 0) is 0 Å². The molecule has 0 saturated carbocycles. The van der Waals surface area contributed by atoms with E-state index < -0.39 is 0 Å². The van der Waals surface area contributed by atoms with Crippen LogP contribution in [0.3, 0.4) is 0 Å². The van der Waals surface area contributed by atoms with Gasteiger partial charge < -0.3 is 10.2 Å². The molecule has 1 heterocycles. The lowest BCUT2D eigenvalue weighted by atomic mass is 10.2. The first kappa shape index (κ1) is 13.3. The molecule has 0 amide bonds. The number of hydrogen-bond acceptors (Lipinski definition) is 4. The average Bonchev–Trinajstić information content (AvgIpc) is 2.70. The van der Waals surface area contributed by atoms with Crippen LogP contribution in [0.25, 0.3) is 10.2 Å². The third-order valence-electron chi connectivity index (χ3n) is 2.85. The highest BCUT2D eigenvalue weighted by Crippen LogP contribution is 2.26. The highest BCUT2D eigenvalue weighted by Gasteiger charge is 2.02. The van der Waals surface area contributed by atoms with Gasteiger partial charge in [0.25, 0.3) is 0 Å². The number of benzene rings is 1. The fourth-order valence-electron chi connectivity index (χ4n) is 1.86. The summed E-state index contributed by atoms with van der Waals surface area (Å²) in [6, 6.07) is 6.43. The zero-order valence-electron chi connectivity index (χ0n) is 11.4. The molecule has 2 aromatic rings. The molecule has 0 unspecified atom stereocenters. The first-order valence-corrected chi connectivity index (χ1v) is 7.22. The van der Waals surface area contributed by atoms with Gasteiger partial charge in [0, 0.05) is 6.54 Å². The lowest BCUT2D eigenvalue weighted by Crippen LogP contribution is -2.14. The molecule has 1 N–H and O–H groups in total. The van der Waals surface area contributed by atoms with Gasteiger partial charge in [-0.3, -0.25) is 0 Å². The van der Waals surface area contributed by atoms with E-state index in [1.54, 1.807) is 11.3 Å². The molecule has 0 aliphatic rings. The summed E-state index contributed by atoms with van der Waals surface area (Å²) in [6.07, 6.45) is 2.41. The third kappa shape index (κ3) is 3.68. The number of fused-ring (bicyclic) bond motifs is 1. The van der Waals surface area contributed by atoms with E-state index in [0.717, 1.165) is 23.7 Å². The fraction of sp³-hybridized carbons (Fsp3) is 0.500. The third-order valence-corrected chi connectivity index (χ3v) is 3.85. The maximum atomic E-state index is 4.60. The molecule has 18 heavy (non-hydrogen) atoms. The smallest absolute Gasteiger partial charge is 0.183 e. The van der Waals surface area contributed by atoms with Gasteiger partial charge in [0.05, 0.1) is 10.2 Å². The fourth-order valence-corrected chi connectivity index (χ4v) is 2.73. The molecule has 0 radical (unpaired) electrons. The van der Waals surface area contributed by atoms with Gasteiger partial charge in [0.1, 0.15) is 0 Å². The summed E-state index contributed by atoms with van der Waals surface area (Å²) < 4.78 is 1.26. The number of anilines is 1. The Morgan fingerprint density at radius 1 is 1.28 bits per heavy atom. The highest BCUT2D eigenvalue weighted by molar-refractivity contribution is 7.22. The molecule has 0 spiro atoms. The van der Waals surface area contributed by atoms with Gasteiger partial charge in [-0.2, -0.15) is 0 Å². The molecule has 4 heteroatoms. The summed E-state index contributed by atoms with van der Waals surface area (Å²) in [5.41, 5.74) is 2.38. The summed E-state index contributed by atoms with van der Waals surface area (Å²) in [5.74, 6) is 0. The van der Waals surface area contributed by atoms with E-state index >= 15 is 0 Å². The quantitative estimate of drug-likeness (QED) is 0.810. The van der Waals surface area contributed by atoms with E-state index in [9.17, 15) is 0 Å².